The van der Waals surface area contributed by atoms with Gasteiger partial charge in [0.2, 0.25) is 11.8 Å². The van der Waals surface area contributed by atoms with Crippen LogP contribution in [0.15, 0.2) is 12.7 Å². The Kier molecular flexibility index (Phi) is 112. The highest BCUT2D eigenvalue weighted by Gasteiger charge is 2.14. The number of hydrogen-bond acceptors (Lipinski definition) is 38. The molecule has 0 bridgehead atoms. The Labute approximate surface area is 768 Å². The molecule has 2 amide bonds. The van der Waals surface area contributed by atoms with E-state index >= 15 is 0 Å². The molecule has 40 nitrogen and oxygen atoms in total. The molecule has 0 aliphatic heterocycles. The van der Waals surface area contributed by atoms with Crippen LogP contribution in [-0.2, 0) is 9.59 Å². The largest absolute Gasteiger partial charge is 0.396 e. The van der Waals surface area contributed by atoms with Crippen LogP contribution in [0.5, 0.6) is 0 Å². The zero-order valence-corrected chi connectivity index (χ0v) is 80.5. The van der Waals surface area contributed by atoms with Gasteiger partial charge < -0.3 is 201 Å². The lowest BCUT2D eigenvalue weighted by molar-refractivity contribution is -0.131. The summed E-state index contributed by atoms with van der Waals surface area (Å²) < 4.78 is 0. The highest BCUT2D eigenvalue weighted by molar-refractivity contribution is 5.86. The first-order valence-electron chi connectivity index (χ1n) is 50.1. The first kappa shape index (κ1) is 123. The Morgan fingerprint density at radius 1 is 0.206 bits per heavy atom. The van der Waals surface area contributed by atoms with Gasteiger partial charge in [0.1, 0.15) is 0 Å². The van der Waals surface area contributed by atoms with Gasteiger partial charge in [0.25, 0.3) is 0 Å². The van der Waals surface area contributed by atoms with Crippen LogP contribution in [0.3, 0.4) is 0 Å². The molecule has 0 heterocycles. The minimum absolute atomic E-state index is 0.105. The van der Waals surface area contributed by atoms with Crippen molar-refractivity contribution in [2.75, 3.05) is 491 Å². The SMILES string of the molecule is C=CC(=O)N(C)CCCN(CCCNCCNCCNCCNCCNCCNCCNCCNCCNCCNCCNCCNCCNCCNCCNCCNCCNCCNCCNCCNCCNCCNCCNCCNCCNCCNCCNCCNCCNCCNCCNCCNCCNCCNCCNCCC)C(=O)CCCCO. The van der Waals surface area contributed by atoms with Gasteiger partial charge in [0.05, 0.1) is 0 Å². The Morgan fingerprint density at radius 2 is 0.349 bits per heavy atom. The van der Waals surface area contributed by atoms with Crippen molar-refractivity contribution in [2.24, 2.45) is 0 Å². The summed E-state index contributed by atoms with van der Waals surface area (Å²) in [6.07, 6.45) is 5.87. The molecule has 40 heteroatoms. The highest BCUT2D eigenvalue weighted by Crippen LogP contribution is 2.04. The van der Waals surface area contributed by atoms with Gasteiger partial charge in [-0.05, 0) is 51.3 Å². The third-order valence-corrected chi connectivity index (χ3v) is 20.1. The molecule has 0 aromatic carbocycles. The minimum Gasteiger partial charge on any atom is -0.396 e. The molecule has 0 saturated heterocycles. The van der Waals surface area contributed by atoms with Crippen molar-refractivity contribution < 1.29 is 14.7 Å². The highest BCUT2D eigenvalue weighted by atomic mass is 16.3. The molecule has 752 valence electrons. The number of rotatable bonds is 117. The number of nitrogens with one attached hydrogen (secondary N) is 35. The Balaban J connectivity index is 3.17. The van der Waals surface area contributed by atoms with Crippen molar-refractivity contribution in [1.82, 2.24) is 196 Å². The summed E-state index contributed by atoms with van der Waals surface area (Å²) in [6, 6.07) is 0. The number of likely N-dealkylation sites (N-methyl/N-ethyl adjacent to an activating group) is 1. The average molecular weight is 1810 g/mol. The number of unbranched alkanes of at least 4 members (excludes halogenated alkanes) is 1. The maximum absolute atomic E-state index is 12.8. The topological polar surface area (TPSA) is 482 Å². The monoisotopic (exact) mass is 1800 g/mol. The van der Waals surface area contributed by atoms with Crippen LogP contribution < -0.4 is 186 Å². The van der Waals surface area contributed by atoms with Gasteiger partial charge in [-0.1, -0.05) is 13.5 Å². The second kappa shape index (κ2) is 115. The molecular weight excluding hydrogens is 1600 g/mol. The lowest BCUT2D eigenvalue weighted by Crippen LogP contribution is -2.39. The van der Waals surface area contributed by atoms with Crippen molar-refractivity contribution >= 4 is 11.8 Å². The summed E-state index contributed by atoms with van der Waals surface area (Å²) in [4.78, 5) is 28.1. The molecule has 0 unspecified atom stereocenters. The number of amides is 2. The van der Waals surface area contributed by atoms with Gasteiger partial charge in [-0.25, -0.2) is 0 Å². The summed E-state index contributed by atoms with van der Waals surface area (Å²) in [5, 5.41) is 132. The van der Waals surface area contributed by atoms with E-state index in [1.54, 1.807) is 11.9 Å². The fourth-order valence-electron chi connectivity index (χ4n) is 12.6. The quantitative estimate of drug-likeness (QED) is 0.0199. The van der Waals surface area contributed by atoms with Gasteiger partial charge >= 0.3 is 0 Å². The number of carbonyl (C=O) groups is 2. The Hall–Kier alpha value is -2.76. The summed E-state index contributed by atoms with van der Waals surface area (Å²) in [5.74, 6) is 0.00743. The third kappa shape index (κ3) is 108. The minimum atomic E-state index is -0.110. The van der Waals surface area contributed by atoms with E-state index in [-0.39, 0.29) is 18.4 Å². The van der Waals surface area contributed by atoms with Crippen LogP contribution in [-0.4, -0.2) is 518 Å². The molecular formula is C86H205N37O3. The number of nitrogens with zero attached hydrogens (tertiary/aromatic N) is 2. The molecule has 0 fully saturated rings. The molecule has 0 atom stereocenters. The molecule has 0 aromatic heterocycles. The van der Waals surface area contributed by atoms with Gasteiger partial charge in [-0.2, -0.15) is 0 Å². The van der Waals surface area contributed by atoms with Crippen LogP contribution in [0.2, 0.25) is 0 Å². The summed E-state index contributed by atoms with van der Waals surface area (Å²) in [5.41, 5.74) is 0. The molecule has 126 heavy (non-hydrogen) atoms. The molecule has 0 saturated carbocycles. The molecule has 0 aromatic rings. The second-order valence-corrected chi connectivity index (χ2v) is 31.5. The van der Waals surface area contributed by atoms with Crippen LogP contribution in [0.25, 0.3) is 0 Å². The third-order valence-electron chi connectivity index (χ3n) is 20.1. The number of aliphatic hydroxyl groups is 1. The first-order valence-corrected chi connectivity index (χ1v) is 50.1. The lowest BCUT2D eigenvalue weighted by atomic mass is 10.2. The Morgan fingerprint density at radius 3 is 0.492 bits per heavy atom. The number of aliphatic hydroxyl groups excluding tert-OH is 1. The standard InChI is InChI=1S/C86H205N37O3/c1-4-11-87-13-15-89-17-19-91-21-23-93-25-27-95-29-31-97-33-35-99-37-39-101-41-43-103-45-47-105-49-51-107-53-55-109-57-59-111-61-63-113-65-67-115-69-71-117-73-75-119-77-79-121-80-78-120-76-74-118-72-70-116-68-66-114-64-62-112-60-58-110-56-54-108-52-50-106-48-46-104-44-42-102-40-38-100-36-34-98-32-30-96-28-26-94-24-22-92-20-18-90-16-14-88-12-8-82-123(86(126)10-6-7-84-124)83-9-81-122(3)85(125)5-2/h5,87-121,124H,2,4,6-84H2,1,3H3. The van der Waals surface area contributed by atoms with E-state index in [9.17, 15) is 9.59 Å². The molecule has 0 radical (unpaired) electrons. The average Bonchev–Trinajstić information content (AvgIpc) is 0.929. The van der Waals surface area contributed by atoms with E-state index in [0.717, 1.165) is 471 Å². The van der Waals surface area contributed by atoms with Crippen molar-refractivity contribution in [1.29, 1.82) is 0 Å². The predicted octanol–water partition coefficient (Wildman–Crippen LogP) is -12.6. The van der Waals surface area contributed by atoms with E-state index in [2.05, 4.69) is 200 Å². The summed E-state index contributed by atoms with van der Waals surface area (Å²) in [7, 11) is 1.75. The zero-order valence-electron chi connectivity index (χ0n) is 80.5. The van der Waals surface area contributed by atoms with Crippen molar-refractivity contribution in [2.45, 2.75) is 45.4 Å². The molecule has 0 aliphatic rings. The van der Waals surface area contributed by atoms with Crippen molar-refractivity contribution in [3.05, 3.63) is 12.7 Å². The molecule has 0 rings (SSSR count). The fourth-order valence-corrected chi connectivity index (χ4v) is 12.6. The van der Waals surface area contributed by atoms with Gasteiger partial charge in [0.15, 0.2) is 0 Å². The first-order chi connectivity index (χ1) is 62.6. The number of hydrogen-bond donors (Lipinski definition) is 36. The van der Waals surface area contributed by atoms with Gasteiger partial charge in [0, 0.05) is 485 Å². The molecule has 36 N–H and O–H groups in total. The Bertz CT molecular complexity index is 2010. The van der Waals surface area contributed by atoms with E-state index in [1.807, 2.05) is 4.90 Å². The smallest absolute Gasteiger partial charge is 0.245 e. The van der Waals surface area contributed by atoms with Crippen LogP contribution in [0, 0.1) is 0 Å². The normalized spacial score (nSPS) is 11.7. The summed E-state index contributed by atoms with van der Waals surface area (Å²) in [6.45, 7) is 76.4. The van der Waals surface area contributed by atoms with Crippen LogP contribution in [0.1, 0.15) is 45.4 Å². The van der Waals surface area contributed by atoms with Crippen LogP contribution >= 0.6 is 0 Å². The van der Waals surface area contributed by atoms with E-state index < -0.39 is 0 Å². The zero-order chi connectivity index (χ0) is 90.3. The van der Waals surface area contributed by atoms with E-state index in [0.29, 0.717) is 38.9 Å². The van der Waals surface area contributed by atoms with E-state index in [1.165, 1.54) is 12.5 Å². The second-order valence-electron chi connectivity index (χ2n) is 31.5. The fraction of sp³-hybridized carbons (Fsp3) is 0.953. The van der Waals surface area contributed by atoms with Gasteiger partial charge in [-0.3, -0.25) is 9.59 Å². The van der Waals surface area contributed by atoms with Crippen molar-refractivity contribution in [3.63, 3.8) is 0 Å². The number of carbonyl (C=O) groups excluding carboxylic acids is 2. The molecule has 0 spiro atoms. The van der Waals surface area contributed by atoms with Crippen molar-refractivity contribution in [3.8, 4) is 0 Å². The predicted molar refractivity (Wildman–Crippen MR) is 535 cm³/mol. The van der Waals surface area contributed by atoms with Gasteiger partial charge in [-0.15, -0.1) is 0 Å². The molecule has 0 aliphatic carbocycles. The maximum atomic E-state index is 12.8. The van der Waals surface area contributed by atoms with E-state index in [4.69, 9.17) is 5.11 Å². The summed E-state index contributed by atoms with van der Waals surface area (Å²) >= 11 is 0. The lowest BCUT2D eigenvalue weighted by Gasteiger charge is -2.24. The van der Waals surface area contributed by atoms with Crippen LogP contribution in [0.4, 0.5) is 0 Å². The maximum Gasteiger partial charge on any atom is 0.245 e.